The first-order valence-corrected chi connectivity index (χ1v) is 6.40. The second-order valence-corrected chi connectivity index (χ2v) is 4.71. The van der Waals surface area contributed by atoms with E-state index in [9.17, 15) is 14.7 Å². The molecule has 106 valence electrons. The summed E-state index contributed by atoms with van der Waals surface area (Å²) < 4.78 is 0. The normalized spacial score (nSPS) is 11.2. The number of aliphatic carboxylic acids is 1. The number of halogens is 1. The average molecular weight is 303 g/mol. The molecule has 2 rings (SSSR count). The molecule has 2 N–H and O–H groups in total. The summed E-state index contributed by atoms with van der Waals surface area (Å²) >= 11 is 5.86. The van der Waals surface area contributed by atoms with E-state index in [1.807, 2.05) is 0 Å². The molecule has 0 aliphatic rings. The van der Waals surface area contributed by atoms with Crippen molar-refractivity contribution in [1.29, 1.82) is 0 Å². The topological polar surface area (TPSA) is 74.6 Å². The van der Waals surface area contributed by atoms with Gasteiger partial charge in [0.15, 0.2) is 0 Å². The van der Waals surface area contributed by atoms with Gasteiger partial charge in [0.25, 0.3) is 0 Å². The van der Waals surface area contributed by atoms with Crippen molar-refractivity contribution in [2.45, 2.75) is 0 Å². The van der Waals surface area contributed by atoms with Crippen LogP contribution in [0.2, 0.25) is 5.02 Å². The van der Waals surface area contributed by atoms with Crippen LogP contribution in [-0.4, -0.2) is 22.2 Å². The average Bonchev–Trinajstić information content (AvgIpc) is 2.44. The Labute approximate surface area is 125 Å². The zero-order valence-electron chi connectivity index (χ0n) is 10.8. The number of carbonyl (C=O) groups is 2. The number of hydrogen-bond donors (Lipinski definition) is 2. The summed E-state index contributed by atoms with van der Waals surface area (Å²) in [7, 11) is 0. The highest BCUT2D eigenvalue weighted by atomic mass is 35.5. The van der Waals surface area contributed by atoms with Crippen LogP contribution in [0.4, 0.5) is 0 Å². The molecule has 21 heavy (non-hydrogen) atoms. The molecule has 0 bridgehead atoms. The fourth-order valence-electron chi connectivity index (χ4n) is 1.92. The van der Waals surface area contributed by atoms with E-state index in [1.54, 1.807) is 36.4 Å². The molecule has 2 aromatic rings. The standard InChI is InChI=1S/C16H11ClO4/c17-11-5-3-4-10(8-11)9-14(16(20)21)12-6-1-2-7-13(12)15(18)19/h1-9H,(H,18,19)(H,20,21)/b14-9-. The van der Waals surface area contributed by atoms with Gasteiger partial charge in [0.1, 0.15) is 0 Å². The second kappa shape index (κ2) is 6.24. The third-order valence-electron chi connectivity index (χ3n) is 2.84. The van der Waals surface area contributed by atoms with Gasteiger partial charge in [-0.2, -0.15) is 0 Å². The molecular weight excluding hydrogens is 292 g/mol. The molecule has 4 nitrogen and oxygen atoms in total. The van der Waals surface area contributed by atoms with Gasteiger partial charge in [-0.15, -0.1) is 0 Å². The lowest BCUT2D eigenvalue weighted by Gasteiger charge is -2.07. The van der Waals surface area contributed by atoms with Crippen LogP contribution in [0.15, 0.2) is 48.5 Å². The smallest absolute Gasteiger partial charge is 0.336 e. The molecule has 2 aromatic carbocycles. The van der Waals surface area contributed by atoms with E-state index >= 15 is 0 Å². The zero-order chi connectivity index (χ0) is 15.4. The van der Waals surface area contributed by atoms with E-state index in [-0.39, 0.29) is 16.7 Å². The molecule has 0 aliphatic heterocycles. The molecule has 0 amide bonds. The number of carboxylic acids is 2. The molecule has 0 radical (unpaired) electrons. The monoisotopic (exact) mass is 302 g/mol. The Bertz CT molecular complexity index is 735. The van der Waals surface area contributed by atoms with Gasteiger partial charge in [-0.1, -0.05) is 41.9 Å². The Balaban J connectivity index is 2.60. The largest absolute Gasteiger partial charge is 0.478 e. The van der Waals surface area contributed by atoms with Gasteiger partial charge in [0, 0.05) is 10.6 Å². The van der Waals surface area contributed by atoms with Crippen LogP contribution in [0.3, 0.4) is 0 Å². The molecule has 5 heteroatoms. The quantitative estimate of drug-likeness (QED) is 0.667. The number of benzene rings is 2. The summed E-state index contributed by atoms with van der Waals surface area (Å²) in [6.07, 6.45) is 1.40. The first kappa shape index (κ1) is 14.8. The molecule has 0 spiro atoms. The van der Waals surface area contributed by atoms with Crippen molar-refractivity contribution in [3.05, 3.63) is 70.2 Å². The number of carboxylic acid groups (broad SMARTS) is 2. The van der Waals surface area contributed by atoms with E-state index in [4.69, 9.17) is 16.7 Å². The molecule has 0 unspecified atom stereocenters. The summed E-state index contributed by atoms with van der Waals surface area (Å²) in [5, 5.41) is 19.0. The Morgan fingerprint density at radius 1 is 0.952 bits per heavy atom. The van der Waals surface area contributed by atoms with E-state index < -0.39 is 11.9 Å². The molecule has 0 saturated heterocycles. The maximum absolute atomic E-state index is 11.5. The van der Waals surface area contributed by atoms with Crippen LogP contribution >= 0.6 is 11.6 Å². The minimum atomic E-state index is -1.20. The van der Waals surface area contributed by atoms with Gasteiger partial charge in [-0.05, 0) is 29.8 Å². The highest BCUT2D eigenvalue weighted by molar-refractivity contribution is 6.31. The molecular formula is C16H11ClO4. The van der Waals surface area contributed by atoms with Gasteiger partial charge in [-0.25, -0.2) is 9.59 Å². The lowest BCUT2D eigenvalue weighted by Crippen LogP contribution is -2.07. The van der Waals surface area contributed by atoms with Gasteiger partial charge < -0.3 is 10.2 Å². The van der Waals surface area contributed by atoms with E-state index in [2.05, 4.69) is 0 Å². The summed E-state index contributed by atoms with van der Waals surface area (Å²) in [6.45, 7) is 0. The highest BCUT2D eigenvalue weighted by Gasteiger charge is 2.17. The number of hydrogen-bond acceptors (Lipinski definition) is 2. The third kappa shape index (κ3) is 3.49. The van der Waals surface area contributed by atoms with Crippen LogP contribution in [0.1, 0.15) is 21.5 Å². The van der Waals surface area contributed by atoms with Crippen molar-refractivity contribution in [1.82, 2.24) is 0 Å². The van der Waals surface area contributed by atoms with E-state index in [1.165, 1.54) is 18.2 Å². The van der Waals surface area contributed by atoms with Crippen molar-refractivity contribution in [3.63, 3.8) is 0 Å². The molecule has 0 aliphatic carbocycles. The Morgan fingerprint density at radius 2 is 1.62 bits per heavy atom. The lowest BCUT2D eigenvalue weighted by atomic mass is 9.97. The molecule has 0 fully saturated rings. The van der Waals surface area contributed by atoms with Crippen molar-refractivity contribution >= 4 is 35.2 Å². The number of rotatable bonds is 4. The van der Waals surface area contributed by atoms with E-state index in [0.29, 0.717) is 10.6 Å². The Morgan fingerprint density at radius 3 is 2.19 bits per heavy atom. The fourth-order valence-corrected chi connectivity index (χ4v) is 2.12. The summed E-state index contributed by atoms with van der Waals surface area (Å²) in [5.41, 5.74) is 0.570. The predicted octanol–water partition coefficient (Wildman–Crippen LogP) is 3.66. The minimum Gasteiger partial charge on any atom is -0.478 e. The third-order valence-corrected chi connectivity index (χ3v) is 3.07. The van der Waals surface area contributed by atoms with Crippen molar-refractivity contribution < 1.29 is 19.8 Å². The summed E-state index contributed by atoms with van der Waals surface area (Å²) in [6, 6.07) is 12.6. The molecule has 0 heterocycles. The van der Waals surface area contributed by atoms with Gasteiger partial charge >= 0.3 is 11.9 Å². The van der Waals surface area contributed by atoms with Crippen LogP contribution in [0.5, 0.6) is 0 Å². The first-order valence-electron chi connectivity index (χ1n) is 6.02. The maximum Gasteiger partial charge on any atom is 0.336 e. The van der Waals surface area contributed by atoms with Crippen molar-refractivity contribution in [2.24, 2.45) is 0 Å². The fraction of sp³-hybridized carbons (Fsp3) is 0. The highest BCUT2D eigenvalue weighted by Crippen LogP contribution is 2.23. The van der Waals surface area contributed by atoms with Gasteiger partial charge in [-0.3, -0.25) is 0 Å². The van der Waals surface area contributed by atoms with Crippen molar-refractivity contribution in [2.75, 3.05) is 0 Å². The zero-order valence-corrected chi connectivity index (χ0v) is 11.5. The van der Waals surface area contributed by atoms with Gasteiger partial charge in [0.2, 0.25) is 0 Å². The van der Waals surface area contributed by atoms with Crippen molar-refractivity contribution in [3.8, 4) is 0 Å². The molecule has 0 atom stereocenters. The Kier molecular flexibility index (Phi) is 4.40. The second-order valence-electron chi connectivity index (χ2n) is 4.27. The molecule has 0 saturated carbocycles. The van der Waals surface area contributed by atoms with Gasteiger partial charge in [0.05, 0.1) is 11.1 Å². The molecule has 0 aromatic heterocycles. The predicted molar refractivity (Wildman–Crippen MR) is 80.4 cm³/mol. The summed E-state index contributed by atoms with van der Waals surface area (Å²) in [4.78, 5) is 22.7. The minimum absolute atomic E-state index is 0.0619. The van der Waals surface area contributed by atoms with Crippen LogP contribution < -0.4 is 0 Å². The maximum atomic E-state index is 11.5. The SMILES string of the molecule is O=C(O)/C(=C\c1cccc(Cl)c1)c1ccccc1C(=O)O. The van der Waals surface area contributed by atoms with Crippen LogP contribution in [-0.2, 0) is 4.79 Å². The van der Waals surface area contributed by atoms with E-state index in [0.717, 1.165) is 0 Å². The Hall–Kier alpha value is -2.59. The lowest BCUT2D eigenvalue weighted by molar-refractivity contribution is -0.130. The van der Waals surface area contributed by atoms with Crippen LogP contribution in [0.25, 0.3) is 11.6 Å². The summed E-state index contributed by atoms with van der Waals surface area (Å²) in [5.74, 6) is -2.38. The van der Waals surface area contributed by atoms with Crippen LogP contribution in [0, 0.1) is 0 Å². The first-order chi connectivity index (χ1) is 9.99. The number of aromatic carboxylic acids is 1.